The summed E-state index contributed by atoms with van der Waals surface area (Å²) in [5, 5.41) is 22.6. The van der Waals surface area contributed by atoms with E-state index in [1.807, 2.05) is 13.0 Å². The van der Waals surface area contributed by atoms with Crippen molar-refractivity contribution in [3.63, 3.8) is 0 Å². The van der Waals surface area contributed by atoms with Crippen molar-refractivity contribution in [3.05, 3.63) is 66.1 Å². The minimum absolute atomic E-state index is 0.0905. The molecule has 0 radical (unpaired) electrons. The van der Waals surface area contributed by atoms with Crippen molar-refractivity contribution in [2.75, 3.05) is 18.4 Å². The summed E-state index contributed by atoms with van der Waals surface area (Å²) in [6.45, 7) is 2.76. The number of likely N-dealkylation sites (tertiary alicyclic amines) is 1. The van der Waals surface area contributed by atoms with Crippen LogP contribution in [0.4, 0.5) is 10.7 Å². The fourth-order valence-corrected chi connectivity index (χ4v) is 5.97. The van der Waals surface area contributed by atoms with E-state index in [0.29, 0.717) is 42.1 Å². The van der Waals surface area contributed by atoms with Crippen LogP contribution < -0.4 is 5.32 Å². The van der Waals surface area contributed by atoms with Crippen molar-refractivity contribution in [2.45, 2.75) is 37.1 Å². The van der Waals surface area contributed by atoms with Crippen molar-refractivity contribution in [1.82, 2.24) is 23.8 Å². The quantitative estimate of drug-likeness (QED) is 0.379. The van der Waals surface area contributed by atoms with Crippen molar-refractivity contribution in [1.29, 1.82) is 5.26 Å². The molecule has 1 aromatic carbocycles. The maximum Gasteiger partial charge on any atom is 0.407 e. The van der Waals surface area contributed by atoms with Gasteiger partial charge in [0.25, 0.3) is 10.0 Å². The second-order valence-corrected chi connectivity index (χ2v) is 10.8. The van der Waals surface area contributed by atoms with Crippen LogP contribution in [-0.2, 0) is 16.4 Å². The van der Waals surface area contributed by atoms with Crippen LogP contribution in [0.1, 0.15) is 31.0 Å². The van der Waals surface area contributed by atoms with E-state index in [-0.39, 0.29) is 22.3 Å². The van der Waals surface area contributed by atoms with Gasteiger partial charge in [-0.25, -0.2) is 32.1 Å². The molecule has 0 saturated carbocycles. The predicted octanol–water partition coefficient (Wildman–Crippen LogP) is 3.72. The summed E-state index contributed by atoms with van der Waals surface area (Å²) in [6, 6.07) is 13.1. The number of hydrogen-bond donors (Lipinski definition) is 2. The number of nitriles is 1. The Kier molecular flexibility index (Phi) is 6.69. The molecule has 4 aromatic rings. The van der Waals surface area contributed by atoms with Crippen molar-refractivity contribution < 1.29 is 18.3 Å². The zero-order valence-corrected chi connectivity index (χ0v) is 21.4. The monoisotopic (exact) mass is 531 g/mol. The van der Waals surface area contributed by atoms with Gasteiger partial charge in [0, 0.05) is 42.5 Å². The lowest BCUT2D eigenvalue weighted by Crippen LogP contribution is -2.44. The van der Waals surface area contributed by atoms with Crippen LogP contribution in [0, 0.1) is 11.3 Å². The number of benzene rings is 1. The van der Waals surface area contributed by atoms with E-state index < -0.39 is 16.1 Å². The molecule has 1 amide bonds. The average Bonchev–Trinajstić information content (AvgIpc) is 3.33. The summed E-state index contributed by atoms with van der Waals surface area (Å²) >= 11 is 0. The van der Waals surface area contributed by atoms with E-state index in [1.54, 1.807) is 36.5 Å². The number of aryl methyl sites for hydroxylation is 1. The number of hydrogen-bond acceptors (Lipinski definition) is 8. The Morgan fingerprint density at radius 3 is 2.71 bits per heavy atom. The number of piperidine rings is 1. The molecule has 11 nitrogen and oxygen atoms in total. The predicted molar refractivity (Wildman–Crippen MR) is 140 cm³/mol. The number of nitrogens with zero attached hydrogens (tertiary/aromatic N) is 6. The van der Waals surface area contributed by atoms with Gasteiger partial charge >= 0.3 is 6.09 Å². The van der Waals surface area contributed by atoms with Crippen molar-refractivity contribution in [3.8, 4) is 17.3 Å². The van der Waals surface area contributed by atoms with Gasteiger partial charge in [0.1, 0.15) is 11.8 Å². The second kappa shape index (κ2) is 10.1. The Balaban J connectivity index is 1.63. The van der Waals surface area contributed by atoms with Crippen LogP contribution in [0.5, 0.6) is 0 Å². The van der Waals surface area contributed by atoms with Gasteiger partial charge in [-0.05, 0) is 49.1 Å². The summed E-state index contributed by atoms with van der Waals surface area (Å²) in [4.78, 5) is 26.4. The number of fused-ring (bicyclic) bond motifs is 1. The molecule has 38 heavy (non-hydrogen) atoms. The van der Waals surface area contributed by atoms with E-state index in [4.69, 9.17) is 4.98 Å². The molecule has 1 aliphatic heterocycles. The molecule has 4 heterocycles. The van der Waals surface area contributed by atoms with Gasteiger partial charge in [0.15, 0.2) is 5.65 Å². The molecule has 5 rings (SSSR count). The molecule has 2 N–H and O–H groups in total. The molecule has 3 aromatic heterocycles. The zero-order valence-electron chi connectivity index (χ0n) is 20.6. The highest BCUT2D eigenvalue weighted by Crippen LogP contribution is 2.34. The van der Waals surface area contributed by atoms with E-state index in [9.17, 15) is 23.6 Å². The lowest BCUT2D eigenvalue weighted by molar-refractivity contribution is 0.132. The standard InChI is InChI=1S/C26H25N7O4S/c1-2-17-14-28-25(30-19-7-6-12-32(15-19)26(34)35)31-23(17)22-16-33(24-21(22)11-10-18(13-27)29-24)38(36,37)20-8-4-3-5-9-20/h3-5,8-11,14,16,19H,2,6-7,12,15H2,1H3,(H,34,35)(H,28,30,31). The van der Waals surface area contributed by atoms with Crippen molar-refractivity contribution in [2.24, 2.45) is 0 Å². The third kappa shape index (κ3) is 4.64. The molecule has 0 aliphatic carbocycles. The molecule has 194 valence electrons. The Hall–Kier alpha value is -4.50. The Bertz CT molecular complexity index is 1660. The first-order valence-corrected chi connectivity index (χ1v) is 13.6. The minimum atomic E-state index is -4.02. The zero-order chi connectivity index (χ0) is 26.9. The first-order chi connectivity index (χ1) is 18.3. The number of aromatic nitrogens is 4. The molecule has 0 spiro atoms. The summed E-state index contributed by atoms with van der Waals surface area (Å²) in [5.41, 5.74) is 2.09. The topological polar surface area (TPSA) is 154 Å². The Morgan fingerprint density at radius 1 is 1.21 bits per heavy atom. The van der Waals surface area contributed by atoms with Gasteiger partial charge < -0.3 is 15.3 Å². The van der Waals surface area contributed by atoms with Crippen LogP contribution in [0.3, 0.4) is 0 Å². The van der Waals surface area contributed by atoms with Crippen LogP contribution in [0.25, 0.3) is 22.3 Å². The number of pyridine rings is 1. The highest BCUT2D eigenvalue weighted by atomic mass is 32.2. The van der Waals surface area contributed by atoms with Gasteiger partial charge in [0.2, 0.25) is 5.95 Å². The van der Waals surface area contributed by atoms with Gasteiger partial charge in [-0.1, -0.05) is 25.1 Å². The summed E-state index contributed by atoms with van der Waals surface area (Å²) in [7, 11) is -4.02. The Morgan fingerprint density at radius 2 is 2.00 bits per heavy atom. The van der Waals surface area contributed by atoms with Gasteiger partial charge in [-0.3, -0.25) is 0 Å². The maximum atomic E-state index is 13.6. The van der Waals surface area contributed by atoms with Crippen LogP contribution in [0.2, 0.25) is 0 Å². The number of rotatable bonds is 6. The average molecular weight is 532 g/mol. The third-order valence-corrected chi connectivity index (χ3v) is 8.22. The second-order valence-electron chi connectivity index (χ2n) is 8.97. The van der Waals surface area contributed by atoms with E-state index in [0.717, 1.165) is 22.4 Å². The number of carbonyl (C=O) groups is 1. The van der Waals surface area contributed by atoms with Gasteiger partial charge in [-0.15, -0.1) is 0 Å². The highest BCUT2D eigenvalue weighted by molar-refractivity contribution is 7.90. The van der Waals surface area contributed by atoms with E-state index in [1.165, 1.54) is 23.2 Å². The smallest absolute Gasteiger partial charge is 0.407 e. The molecular weight excluding hydrogens is 506 g/mol. The van der Waals surface area contributed by atoms with E-state index in [2.05, 4.69) is 15.3 Å². The number of carboxylic acid groups (broad SMARTS) is 1. The Labute approximate surface area is 219 Å². The lowest BCUT2D eigenvalue weighted by Gasteiger charge is -2.31. The lowest BCUT2D eigenvalue weighted by atomic mass is 10.1. The molecule has 12 heteroatoms. The first-order valence-electron chi connectivity index (χ1n) is 12.2. The third-order valence-electron chi connectivity index (χ3n) is 6.56. The van der Waals surface area contributed by atoms with Crippen LogP contribution >= 0.6 is 0 Å². The number of amides is 1. The summed E-state index contributed by atoms with van der Waals surface area (Å²) in [5.74, 6) is 0.322. The fourth-order valence-electron chi connectivity index (χ4n) is 4.63. The molecule has 1 aliphatic rings. The van der Waals surface area contributed by atoms with Crippen LogP contribution in [-0.4, -0.2) is 62.6 Å². The molecule has 0 bridgehead atoms. The molecule has 1 fully saturated rings. The van der Waals surface area contributed by atoms with Crippen molar-refractivity contribution >= 4 is 33.1 Å². The molecule has 1 unspecified atom stereocenters. The number of nitrogens with one attached hydrogen (secondary N) is 1. The first kappa shape index (κ1) is 25.2. The van der Waals surface area contributed by atoms with Crippen LogP contribution in [0.15, 0.2) is 59.8 Å². The largest absolute Gasteiger partial charge is 0.465 e. The normalized spacial score (nSPS) is 15.8. The molecular formula is C26H25N7O4S. The number of anilines is 1. The van der Waals surface area contributed by atoms with E-state index >= 15 is 0 Å². The summed E-state index contributed by atoms with van der Waals surface area (Å²) < 4.78 is 28.3. The minimum Gasteiger partial charge on any atom is -0.465 e. The molecule has 1 saturated heterocycles. The fraction of sp³-hybridized carbons (Fsp3) is 0.269. The summed E-state index contributed by atoms with van der Waals surface area (Å²) in [6.07, 6.45) is 4.30. The SMILES string of the molecule is CCc1cnc(NC2CCCN(C(=O)O)C2)nc1-c1cn(S(=O)(=O)c2ccccc2)c2nc(C#N)ccc12. The highest BCUT2D eigenvalue weighted by Gasteiger charge is 2.26. The van der Waals surface area contributed by atoms with Gasteiger partial charge in [0.05, 0.1) is 10.6 Å². The maximum absolute atomic E-state index is 13.6. The van der Waals surface area contributed by atoms with Gasteiger partial charge in [-0.2, -0.15) is 5.26 Å². The molecule has 1 atom stereocenters.